The molecule has 0 radical (unpaired) electrons. The standard InChI is InChI=1S/C23H33N7O/c1-31-20-12-10-19(11-13-20)18-24-28-21-25-22(29-14-6-2-3-7-15-29)27-23(26-21)30-16-8-4-5-9-17-30/h10-13,18H,2-9,14-17H2,1H3,(H,25,26,27,28). The molecular formula is C23H33N7O. The van der Waals surface area contributed by atoms with Crippen LogP contribution < -0.4 is 20.0 Å². The van der Waals surface area contributed by atoms with Crippen molar-refractivity contribution < 1.29 is 4.74 Å². The van der Waals surface area contributed by atoms with Gasteiger partial charge in [-0.15, -0.1) is 0 Å². The summed E-state index contributed by atoms with van der Waals surface area (Å²) in [7, 11) is 1.66. The number of hydrogen-bond acceptors (Lipinski definition) is 8. The van der Waals surface area contributed by atoms with Crippen molar-refractivity contribution in [1.82, 2.24) is 15.0 Å². The first-order chi connectivity index (χ1) is 15.3. The molecule has 8 nitrogen and oxygen atoms in total. The summed E-state index contributed by atoms with van der Waals surface area (Å²) in [5, 5.41) is 4.37. The van der Waals surface area contributed by atoms with E-state index in [2.05, 4.69) is 20.3 Å². The fourth-order valence-electron chi connectivity index (χ4n) is 4.08. The van der Waals surface area contributed by atoms with E-state index in [4.69, 9.17) is 19.7 Å². The van der Waals surface area contributed by atoms with Crippen LogP contribution in [0.2, 0.25) is 0 Å². The Balaban J connectivity index is 1.54. The first kappa shape index (κ1) is 21.3. The molecule has 0 aliphatic carbocycles. The Labute approximate surface area is 184 Å². The van der Waals surface area contributed by atoms with Crippen molar-refractivity contribution in [3.8, 4) is 5.75 Å². The number of aromatic nitrogens is 3. The molecule has 0 bridgehead atoms. The zero-order valence-corrected chi connectivity index (χ0v) is 18.5. The Morgan fingerprint density at radius 1 is 0.774 bits per heavy atom. The lowest BCUT2D eigenvalue weighted by Gasteiger charge is -2.24. The van der Waals surface area contributed by atoms with Gasteiger partial charge in [0, 0.05) is 26.2 Å². The predicted octanol–water partition coefficient (Wildman–Crippen LogP) is 4.09. The predicted molar refractivity (Wildman–Crippen MR) is 125 cm³/mol. The summed E-state index contributed by atoms with van der Waals surface area (Å²) >= 11 is 0. The maximum Gasteiger partial charge on any atom is 0.250 e. The van der Waals surface area contributed by atoms with Gasteiger partial charge in [0.25, 0.3) is 0 Å². The summed E-state index contributed by atoms with van der Waals surface area (Å²) in [6, 6.07) is 7.75. The van der Waals surface area contributed by atoms with E-state index < -0.39 is 0 Å². The number of hydrazone groups is 1. The molecule has 0 unspecified atom stereocenters. The van der Waals surface area contributed by atoms with E-state index in [0.29, 0.717) is 5.95 Å². The Morgan fingerprint density at radius 2 is 1.29 bits per heavy atom. The molecule has 0 saturated carbocycles. The minimum absolute atomic E-state index is 0.498. The topological polar surface area (TPSA) is 78.8 Å². The highest BCUT2D eigenvalue weighted by Gasteiger charge is 2.19. The Kier molecular flexibility index (Phi) is 7.52. The second-order valence-electron chi connectivity index (χ2n) is 8.20. The molecule has 4 rings (SSSR count). The second-order valence-corrected chi connectivity index (χ2v) is 8.20. The quantitative estimate of drug-likeness (QED) is 0.554. The Bertz CT molecular complexity index is 801. The summed E-state index contributed by atoms with van der Waals surface area (Å²) in [5.74, 6) is 2.85. The van der Waals surface area contributed by atoms with Crippen molar-refractivity contribution in [2.24, 2.45) is 5.10 Å². The summed E-state index contributed by atoms with van der Waals surface area (Å²) in [6.45, 7) is 3.99. The third-order valence-corrected chi connectivity index (χ3v) is 5.88. The van der Waals surface area contributed by atoms with Gasteiger partial charge in [0.2, 0.25) is 17.8 Å². The smallest absolute Gasteiger partial charge is 0.250 e. The van der Waals surface area contributed by atoms with Crippen LogP contribution in [-0.2, 0) is 0 Å². The summed E-state index contributed by atoms with van der Waals surface area (Å²) in [6.07, 6.45) is 11.6. The van der Waals surface area contributed by atoms with Crippen LogP contribution in [0.25, 0.3) is 0 Å². The number of rotatable bonds is 6. The normalized spacial score (nSPS) is 18.0. The lowest BCUT2D eigenvalue weighted by Crippen LogP contribution is -2.30. The van der Waals surface area contributed by atoms with Gasteiger partial charge in [0.1, 0.15) is 5.75 Å². The molecule has 2 aliphatic rings. The molecule has 0 amide bonds. The third kappa shape index (κ3) is 6.06. The van der Waals surface area contributed by atoms with E-state index in [9.17, 15) is 0 Å². The number of benzene rings is 1. The van der Waals surface area contributed by atoms with E-state index in [1.165, 1.54) is 51.4 Å². The van der Waals surface area contributed by atoms with Crippen LogP contribution in [0.4, 0.5) is 17.8 Å². The average molecular weight is 424 g/mol. The summed E-state index contributed by atoms with van der Waals surface area (Å²) in [5.41, 5.74) is 4.01. The highest BCUT2D eigenvalue weighted by molar-refractivity contribution is 5.80. The van der Waals surface area contributed by atoms with Crippen LogP contribution in [0.5, 0.6) is 5.75 Å². The van der Waals surface area contributed by atoms with Crippen LogP contribution >= 0.6 is 0 Å². The SMILES string of the molecule is COc1ccc(C=NNc2nc(N3CCCCCC3)nc(N3CCCCCC3)n2)cc1. The number of hydrogen-bond donors (Lipinski definition) is 1. The molecule has 2 saturated heterocycles. The van der Waals surface area contributed by atoms with Gasteiger partial charge in [-0.25, -0.2) is 5.43 Å². The maximum absolute atomic E-state index is 5.21. The minimum atomic E-state index is 0.498. The van der Waals surface area contributed by atoms with Crippen molar-refractivity contribution in [2.75, 3.05) is 48.5 Å². The average Bonchev–Trinajstić information content (AvgIpc) is 3.25. The van der Waals surface area contributed by atoms with E-state index in [1.54, 1.807) is 13.3 Å². The van der Waals surface area contributed by atoms with Crippen LogP contribution in [0.15, 0.2) is 29.4 Å². The minimum Gasteiger partial charge on any atom is -0.497 e. The largest absolute Gasteiger partial charge is 0.497 e. The molecule has 2 aromatic rings. The van der Waals surface area contributed by atoms with Crippen LogP contribution in [0, 0.1) is 0 Å². The molecule has 8 heteroatoms. The van der Waals surface area contributed by atoms with Crippen molar-refractivity contribution in [3.05, 3.63) is 29.8 Å². The van der Waals surface area contributed by atoms with Crippen LogP contribution in [-0.4, -0.2) is 54.5 Å². The number of nitrogens with one attached hydrogen (secondary N) is 1. The number of nitrogens with zero attached hydrogens (tertiary/aromatic N) is 6. The molecule has 0 atom stereocenters. The molecule has 0 spiro atoms. The van der Waals surface area contributed by atoms with Crippen molar-refractivity contribution in [3.63, 3.8) is 0 Å². The summed E-state index contributed by atoms with van der Waals surface area (Å²) in [4.78, 5) is 18.9. The molecule has 31 heavy (non-hydrogen) atoms. The molecule has 3 heterocycles. The number of methoxy groups -OCH3 is 1. The van der Waals surface area contributed by atoms with Crippen LogP contribution in [0.1, 0.15) is 56.9 Å². The van der Waals surface area contributed by atoms with E-state index in [-0.39, 0.29) is 0 Å². The maximum atomic E-state index is 5.21. The molecule has 1 N–H and O–H groups in total. The fraction of sp³-hybridized carbons (Fsp3) is 0.565. The van der Waals surface area contributed by atoms with E-state index in [1.807, 2.05) is 24.3 Å². The van der Waals surface area contributed by atoms with Crippen molar-refractivity contribution in [1.29, 1.82) is 0 Å². The Morgan fingerprint density at radius 3 is 1.77 bits per heavy atom. The van der Waals surface area contributed by atoms with Crippen LogP contribution in [0.3, 0.4) is 0 Å². The highest BCUT2D eigenvalue weighted by Crippen LogP contribution is 2.22. The number of anilines is 3. The van der Waals surface area contributed by atoms with Gasteiger partial charge in [0.05, 0.1) is 13.3 Å². The van der Waals surface area contributed by atoms with E-state index in [0.717, 1.165) is 49.4 Å². The Hall–Kier alpha value is -2.90. The fourth-order valence-corrected chi connectivity index (χ4v) is 4.08. The first-order valence-electron chi connectivity index (χ1n) is 11.5. The molecular weight excluding hydrogens is 390 g/mol. The molecule has 1 aromatic carbocycles. The molecule has 2 aliphatic heterocycles. The number of ether oxygens (including phenoxy) is 1. The van der Waals surface area contributed by atoms with Gasteiger partial charge in [-0.05, 0) is 55.5 Å². The lowest BCUT2D eigenvalue weighted by atomic mass is 10.2. The van der Waals surface area contributed by atoms with Gasteiger partial charge in [-0.2, -0.15) is 20.1 Å². The zero-order chi connectivity index (χ0) is 21.3. The van der Waals surface area contributed by atoms with Gasteiger partial charge < -0.3 is 14.5 Å². The van der Waals surface area contributed by atoms with Gasteiger partial charge in [-0.3, -0.25) is 0 Å². The zero-order valence-electron chi connectivity index (χ0n) is 18.5. The highest BCUT2D eigenvalue weighted by atomic mass is 16.5. The van der Waals surface area contributed by atoms with Gasteiger partial charge in [-0.1, -0.05) is 25.7 Å². The molecule has 2 fully saturated rings. The van der Waals surface area contributed by atoms with E-state index >= 15 is 0 Å². The van der Waals surface area contributed by atoms with Gasteiger partial charge in [0.15, 0.2) is 0 Å². The lowest BCUT2D eigenvalue weighted by molar-refractivity contribution is 0.415. The first-order valence-corrected chi connectivity index (χ1v) is 11.5. The van der Waals surface area contributed by atoms with Gasteiger partial charge >= 0.3 is 0 Å². The second kappa shape index (κ2) is 10.9. The third-order valence-electron chi connectivity index (χ3n) is 5.88. The monoisotopic (exact) mass is 423 g/mol. The van der Waals surface area contributed by atoms with Crippen molar-refractivity contribution >= 4 is 24.1 Å². The molecule has 166 valence electrons. The summed E-state index contributed by atoms with van der Waals surface area (Å²) < 4.78 is 5.21. The van der Waals surface area contributed by atoms with Crippen molar-refractivity contribution in [2.45, 2.75) is 51.4 Å². The molecule has 1 aromatic heterocycles.